The number of rotatable bonds is 3. The topological polar surface area (TPSA) is 69.6 Å². The Morgan fingerprint density at radius 2 is 1.88 bits per heavy atom. The quantitative estimate of drug-likeness (QED) is 0.840. The SMILES string of the molecule is CC(N)c1nnnn1CC1C(C)(C)C1(C)C. The smallest absolute Gasteiger partial charge is 0.167 e. The Morgan fingerprint density at radius 1 is 1.31 bits per heavy atom. The van der Waals surface area contributed by atoms with Crippen LogP contribution in [-0.4, -0.2) is 20.2 Å². The van der Waals surface area contributed by atoms with Crippen LogP contribution in [-0.2, 0) is 6.54 Å². The Morgan fingerprint density at radius 3 is 2.31 bits per heavy atom. The third-order valence-electron chi connectivity index (χ3n) is 4.64. The highest BCUT2D eigenvalue weighted by Gasteiger charge is 2.64. The van der Waals surface area contributed by atoms with Crippen LogP contribution in [0, 0.1) is 16.7 Å². The second-order valence-corrected chi connectivity index (χ2v) is 6.00. The predicted octanol–water partition coefficient (Wildman–Crippen LogP) is 1.37. The first-order chi connectivity index (χ1) is 7.28. The maximum atomic E-state index is 5.83. The van der Waals surface area contributed by atoms with Crippen molar-refractivity contribution in [1.82, 2.24) is 20.2 Å². The Labute approximate surface area is 96.4 Å². The number of tetrazole rings is 1. The van der Waals surface area contributed by atoms with Crippen molar-refractivity contribution in [3.63, 3.8) is 0 Å². The molecule has 16 heavy (non-hydrogen) atoms. The van der Waals surface area contributed by atoms with Gasteiger partial charge in [0.1, 0.15) is 0 Å². The minimum Gasteiger partial charge on any atom is -0.322 e. The van der Waals surface area contributed by atoms with Crippen LogP contribution in [0.2, 0.25) is 0 Å². The number of hydrogen-bond donors (Lipinski definition) is 1. The molecule has 0 amide bonds. The lowest BCUT2D eigenvalue weighted by Crippen LogP contribution is -2.16. The zero-order valence-corrected chi connectivity index (χ0v) is 10.7. The van der Waals surface area contributed by atoms with Crippen molar-refractivity contribution >= 4 is 0 Å². The largest absolute Gasteiger partial charge is 0.322 e. The van der Waals surface area contributed by atoms with E-state index >= 15 is 0 Å². The molecule has 0 spiro atoms. The summed E-state index contributed by atoms with van der Waals surface area (Å²) in [7, 11) is 0. The van der Waals surface area contributed by atoms with Gasteiger partial charge in [0.15, 0.2) is 5.82 Å². The molecule has 0 aliphatic heterocycles. The first-order valence-electron chi connectivity index (χ1n) is 5.80. The maximum Gasteiger partial charge on any atom is 0.167 e. The minimum atomic E-state index is -0.111. The van der Waals surface area contributed by atoms with Crippen LogP contribution >= 0.6 is 0 Å². The Kier molecular flexibility index (Phi) is 2.35. The molecule has 1 aromatic heterocycles. The Hall–Kier alpha value is -0.970. The van der Waals surface area contributed by atoms with Crippen molar-refractivity contribution in [2.24, 2.45) is 22.5 Å². The third kappa shape index (κ3) is 1.45. The summed E-state index contributed by atoms with van der Waals surface area (Å²) in [5.41, 5.74) is 6.54. The molecular weight excluding hydrogens is 202 g/mol. The van der Waals surface area contributed by atoms with E-state index in [1.165, 1.54) is 0 Å². The molecule has 1 aliphatic rings. The van der Waals surface area contributed by atoms with Crippen LogP contribution in [0.5, 0.6) is 0 Å². The van der Waals surface area contributed by atoms with E-state index in [-0.39, 0.29) is 6.04 Å². The molecular formula is C11H21N5. The fourth-order valence-corrected chi connectivity index (χ4v) is 2.63. The van der Waals surface area contributed by atoms with Gasteiger partial charge in [-0.1, -0.05) is 27.7 Å². The summed E-state index contributed by atoms with van der Waals surface area (Å²) in [4.78, 5) is 0. The number of nitrogens with two attached hydrogens (primary N) is 1. The molecule has 1 saturated carbocycles. The zero-order chi connectivity index (χ0) is 12.1. The summed E-state index contributed by atoms with van der Waals surface area (Å²) in [5, 5.41) is 11.7. The lowest BCUT2D eigenvalue weighted by molar-refractivity contribution is 0.445. The maximum absolute atomic E-state index is 5.83. The third-order valence-corrected chi connectivity index (χ3v) is 4.64. The second kappa shape index (κ2) is 3.26. The van der Waals surface area contributed by atoms with Crippen molar-refractivity contribution in [3.8, 4) is 0 Å². The van der Waals surface area contributed by atoms with Gasteiger partial charge in [0, 0.05) is 6.54 Å². The first kappa shape index (κ1) is 11.5. The normalized spacial score (nSPS) is 24.4. The van der Waals surface area contributed by atoms with E-state index in [1.54, 1.807) is 0 Å². The van der Waals surface area contributed by atoms with Crippen LogP contribution < -0.4 is 5.73 Å². The van der Waals surface area contributed by atoms with Gasteiger partial charge in [0.25, 0.3) is 0 Å². The lowest BCUT2D eigenvalue weighted by Gasteiger charge is -2.07. The van der Waals surface area contributed by atoms with Gasteiger partial charge < -0.3 is 5.73 Å². The molecule has 1 fully saturated rings. The predicted molar refractivity (Wildman–Crippen MR) is 61.5 cm³/mol. The molecule has 2 rings (SSSR count). The van der Waals surface area contributed by atoms with Gasteiger partial charge in [-0.3, -0.25) is 0 Å². The molecule has 5 nitrogen and oxygen atoms in total. The minimum absolute atomic E-state index is 0.111. The molecule has 0 saturated heterocycles. The fraction of sp³-hybridized carbons (Fsp3) is 0.909. The van der Waals surface area contributed by atoms with Crippen molar-refractivity contribution in [3.05, 3.63) is 5.82 Å². The molecule has 1 heterocycles. The van der Waals surface area contributed by atoms with Gasteiger partial charge >= 0.3 is 0 Å². The zero-order valence-electron chi connectivity index (χ0n) is 10.7. The number of nitrogens with zero attached hydrogens (tertiary/aromatic N) is 4. The molecule has 1 aromatic rings. The van der Waals surface area contributed by atoms with E-state index in [9.17, 15) is 0 Å². The Balaban J connectivity index is 2.15. The van der Waals surface area contributed by atoms with E-state index in [4.69, 9.17) is 5.73 Å². The van der Waals surface area contributed by atoms with Gasteiger partial charge in [-0.05, 0) is 34.1 Å². The average Bonchev–Trinajstić information content (AvgIpc) is 2.58. The van der Waals surface area contributed by atoms with Crippen LogP contribution in [0.4, 0.5) is 0 Å². The van der Waals surface area contributed by atoms with Crippen LogP contribution in [0.15, 0.2) is 0 Å². The molecule has 0 radical (unpaired) electrons. The molecule has 2 N–H and O–H groups in total. The van der Waals surface area contributed by atoms with Crippen LogP contribution in [0.25, 0.3) is 0 Å². The summed E-state index contributed by atoms with van der Waals surface area (Å²) in [6, 6.07) is -0.111. The Bertz CT molecular complexity index is 377. The first-order valence-corrected chi connectivity index (χ1v) is 5.80. The van der Waals surface area contributed by atoms with Gasteiger partial charge in [0.05, 0.1) is 6.04 Å². The number of aromatic nitrogens is 4. The van der Waals surface area contributed by atoms with E-state index in [1.807, 2.05) is 11.6 Å². The standard InChI is InChI=1S/C11H21N5/c1-7(12)9-13-14-15-16(9)6-8-10(2,3)11(8,4)5/h7-8H,6,12H2,1-5H3. The summed E-state index contributed by atoms with van der Waals surface area (Å²) in [5.74, 6) is 1.39. The van der Waals surface area contributed by atoms with E-state index < -0.39 is 0 Å². The number of hydrogen-bond acceptors (Lipinski definition) is 4. The summed E-state index contributed by atoms with van der Waals surface area (Å²) in [6.45, 7) is 12.0. The van der Waals surface area contributed by atoms with E-state index in [0.29, 0.717) is 16.7 Å². The van der Waals surface area contributed by atoms with Gasteiger partial charge in [-0.25, -0.2) is 4.68 Å². The molecule has 1 aliphatic carbocycles. The monoisotopic (exact) mass is 223 g/mol. The highest BCUT2D eigenvalue weighted by Crippen LogP contribution is 2.68. The van der Waals surface area contributed by atoms with Crippen molar-refractivity contribution in [1.29, 1.82) is 0 Å². The summed E-state index contributed by atoms with van der Waals surface area (Å²) in [6.07, 6.45) is 0. The second-order valence-electron chi connectivity index (χ2n) is 6.00. The highest BCUT2D eigenvalue weighted by atomic mass is 15.5. The molecule has 90 valence electrons. The highest BCUT2D eigenvalue weighted by molar-refractivity contribution is 5.12. The van der Waals surface area contributed by atoms with Crippen LogP contribution in [0.3, 0.4) is 0 Å². The molecule has 0 aromatic carbocycles. The van der Waals surface area contributed by atoms with Crippen molar-refractivity contribution < 1.29 is 0 Å². The molecule has 1 atom stereocenters. The van der Waals surface area contributed by atoms with Crippen molar-refractivity contribution in [2.75, 3.05) is 0 Å². The van der Waals surface area contributed by atoms with E-state index in [2.05, 4.69) is 43.2 Å². The van der Waals surface area contributed by atoms with Crippen molar-refractivity contribution in [2.45, 2.75) is 47.2 Å². The van der Waals surface area contributed by atoms with Gasteiger partial charge in [0.2, 0.25) is 0 Å². The molecule has 1 unspecified atom stereocenters. The van der Waals surface area contributed by atoms with Gasteiger partial charge in [-0.2, -0.15) is 0 Å². The average molecular weight is 223 g/mol. The van der Waals surface area contributed by atoms with Crippen LogP contribution in [0.1, 0.15) is 46.5 Å². The fourth-order valence-electron chi connectivity index (χ4n) is 2.63. The lowest BCUT2D eigenvalue weighted by atomic mass is 10.0. The molecule has 5 heteroatoms. The summed E-state index contributed by atoms with van der Waals surface area (Å²) < 4.78 is 1.85. The van der Waals surface area contributed by atoms with Gasteiger partial charge in [-0.15, -0.1) is 5.10 Å². The molecule has 0 bridgehead atoms. The summed E-state index contributed by atoms with van der Waals surface area (Å²) >= 11 is 0. The van der Waals surface area contributed by atoms with E-state index in [0.717, 1.165) is 12.4 Å².